The van der Waals surface area contributed by atoms with Crippen molar-refractivity contribution in [3.05, 3.63) is 48.3 Å². The van der Waals surface area contributed by atoms with E-state index in [0.717, 1.165) is 29.7 Å². The van der Waals surface area contributed by atoms with Gasteiger partial charge in [0.2, 0.25) is 0 Å². The highest BCUT2D eigenvalue weighted by Gasteiger charge is 2.17. The molecule has 3 aromatic heterocycles. The van der Waals surface area contributed by atoms with Gasteiger partial charge >= 0.3 is 0 Å². The summed E-state index contributed by atoms with van der Waals surface area (Å²) in [6, 6.07) is 2.24. The number of fused-ring (bicyclic) bond motifs is 1. The molecule has 0 spiro atoms. The fourth-order valence-electron chi connectivity index (χ4n) is 2.44. The molecule has 0 aliphatic heterocycles. The van der Waals surface area contributed by atoms with Gasteiger partial charge in [0.05, 0.1) is 23.6 Å². The van der Waals surface area contributed by atoms with Crippen molar-refractivity contribution in [2.45, 2.75) is 19.4 Å². The zero-order valence-electron chi connectivity index (χ0n) is 11.7. The van der Waals surface area contributed by atoms with Crippen LogP contribution in [0.1, 0.15) is 24.2 Å². The lowest BCUT2D eigenvalue weighted by molar-refractivity contribution is 0.542. The highest BCUT2D eigenvalue weighted by molar-refractivity contribution is 5.53. The minimum absolute atomic E-state index is 0.191. The Hall–Kier alpha value is -2.21. The maximum absolute atomic E-state index is 4.46. The van der Waals surface area contributed by atoms with Crippen molar-refractivity contribution in [2.75, 3.05) is 6.54 Å². The van der Waals surface area contributed by atoms with Crippen molar-refractivity contribution < 1.29 is 0 Å². The molecule has 6 nitrogen and oxygen atoms in total. The number of hydrogen-bond acceptors (Lipinski definition) is 4. The molecule has 6 heteroatoms. The molecule has 0 bridgehead atoms. The van der Waals surface area contributed by atoms with E-state index in [2.05, 4.69) is 27.4 Å². The van der Waals surface area contributed by atoms with E-state index in [0.29, 0.717) is 0 Å². The Morgan fingerprint density at radius 2 is 2.20 bits per heavy atom. The van der Waals surface area contributed by atoms with Crippen LogP contribution in [0.5, 0.6) is 0 Å². The Morgan fingerprint density at radius 3 is 2.95 bits per heavy atom. The van der Waals surface area contributed by atoms with E-state index >= 15 is 0 Å². The van der Waals surface area contributed by atoms with Crippen LogP contribution in [-0.2, 0) is 13.5 Å². The smallest absolute Gasteiger partial charge is 0.0892 e. The maximum atomic E-state index is 4.46. The van der Waals surface area contributed by atoms with Gasteiger partial charge in [0.1, 0.15) is 0 Å². The summed E-state index contributed by atoms with van der Waals surface area (Å²) in [5, 5.41) is 12.3. The molecule has 1 N–H and O–H groups in total. The lowest BCUT2D eigenvalue weighted by Crippen LogP contribution is -2.23. The zero-order chi connectivity index (χ0) is 13.9. The number of nitrogens with zero attached hydrogens (tertiary/aromatic N) is 5. The van der Waals surface area contributed by atoms with Gasteiger partial charge in [0.15, 0.2) is 0 Å². The van der Waals surface area contributed by atoms with Gasteiger partial charge in [0.25, 0.3) is 0 Å². The quantitative estimate of drug-likeness (QED) is 0.760. The average molecular weight is 270 g/mol. The van der Waals surface area contributed by atoms with Crippen LogP contribution in [0.3, 0.4) is 0 Å². The summed E-state index contributed by atoms with van der Waals surface area (Å²) in [5.41, 5.74) is 3.27. The fourth-order valence-corrected chi connectivity index (χ4v) is 2.44. The van der Waals surface area contributed by atoms with Crippen molar-refractivity contribution in [1.29, 1.82) is 0 Å². The SMILES string of the molecule is CCNC(Cc1ccn(C)n1)c1cnn2ccncc12. The fraction of sp³-hybridized carbons (Fsp3) is 0.357. The Balaban J connectivity index is 1.93. The van der Waals surface area contributed by atoms with Crippen molar-refractivity contribution in [1.82, 2.24) is 29.7 Å². The number of rotatable bonds is 5. The van der Waals surface area contributed by atoms with E-state index in [9.17, 15) is 0 Å². The largest absolute Gasteiger partial charge is 0.310 e. The van der Waals surface area contributed by atoms with Crippen molar-refractivity contribution in [2.24, 2.45) is 7.05 Å². The Bertz CT molecular complexity index is 698. The van der Waals surface area contributed by atoms with Crippen LogP contribution in [-0.4, -0.2) is 30.9 Å². The summed E-state index contributed by atoms with van der Waals surface area (Å²) in [6.07, 6.45) is 10.2. The number of aromatic nitrogens is 5. The van der Waals surface area contributed by atoms with Crippen LogP contribution >= 0.6 is 0 Å². The monoisotopic (exact) mass is 270 g/mol. The summed E-state index contributed by atoms with van der Waals surface area (Å²) in [4.78, 5) is 4.19. The first-order valence-electron chi connectivity index (χ1n) is 6.77. The Kier molecular flexibility index (Phi) is 3.47. The molecule has 1 atom stereocenters. The molecule has 0 radical (unpaired) electrons. The first-order valence-corrected chi connectivity index (χ1v) is 6.77. The summed E-state index contributed by atoms with van der Waals surface area (Å²) < 4.78 is 3.68. The van der Waals surface area contributed by atoms with Gasteiger partial charge in [-0.2, -0.15) is 10.2 Å². The van der Waals surface area contributed by atoms with E-state index in [-0.39, 0.29) is 6.04 Å². The van der Waals surface area contributed by atoms with Gasteiger partial charge in [-0.15, -0.1) is 0 Å². The standard InChI is InChI=1S/C14H18N6/c1-3-16-13(8-11-4-6-19(2)18-11)12-9-17-20-7-5-15-10-14(12)20/h4-7,9-10,13,16H,3,8H2,1-2H3. The molecule has 0 aromatic carbocycles. The van der Waals surface area contributed by atoms with E-state index in [4.69, 9.17) is 0 Å². The number of likely N-dealkylation sites (N-methyl/N-ethyl adjacent to an activating group) is 1. The third-order valence-electron chi connectivity index (χ3n) is 3.36. The summed E-state index contributed by atoms with van der Waals surface area (Å²) in [6.45, 7) is 3.00. The highest BCUT2D eigenvalue weighted by Crippen LogP contribution is 2.21. The molecular weight excluding hydrogens is 252 g/mol. The molecule has 3 heterocycles. The van der Waals surface area contributed by atoms with Crippen LogP contribution in [0.25, 0.3) is 5.52 Å². The lowest BCUT2D eigenvalue weighted by Gasteiger charge is -2.15. The van der Waals surface area contributed by atoms with Crippen LogP contribution in [0.2, 0.25) is 0 Å². The van der Waals surface area contributed by atoms with Gasteiger partial charge in [-0.3, -0.25) is 9.67 Å². The highest BCUT2D eigenvalue weighted by atomic mass is 15.2. The molecule has 0 aliphatic rings. The lowest BCUT2D eigenvalue weighted by atomic mass is 10.0. The van der Waals surface area contributed by atoms with E-state index < -0.39 is 0 Å². The number of aryl methyl sites for hydroxylation is 1. The van der Waals surface area contributed by atoms with Crippen molar-refractivity contribution >= 4 is 5.52 Å². The van der Waals surface area contributed by atoms with Crippen molar-refractivity contribution in [3.8, 4) is 0 Å². The van der Waals surface area contributed by atoms with Crippen LogP contribution in [0.15, 0.2) is 37.1 Å². The third-order valence-corrected chi connectivity index (χ3v) is 3.36. The predicted octanol–water partition coefficient (Wildman–Crippen LogP) is 1.36. The van der Waals surface area contributed by atoms with Crippen LogP contribution in [0, 0.1) is 0 Å². The molecule has 0 saturated heterocycles. The molecule has 20 heavy (non-hydrogen) atoms. The molecule has 104 valence electrons. The summed E-state index contributed by atoms with van der Waals surface area (Å²) in [5.74, 6) is 0. The molecule has 0 amide bonds. The minimum atomic E-state index is 0.191. The topological polar surface area (TPSA) is 60.0 Å². The first kappa shape index (κ1) is 12.8. The van der Waals surface area contributed by atoms with Gasteiger partial charge in [-0.1, -0.05) is 6.92 Å². The third kappa shape index (κ3) is 2.42. The van der Waals surface area contributed by atoms with Crippen molar-refractivity contribution in [3.63, 3.8) is 0 Å². The second-order valence-corrected chi connectivity index (χ2v) is 4.80. The van der Waals surface area contributed by atoms with Gasteiger partial charge in [-0.05, 0) is 12.6 Å². The molecule has 0 aliphatic carbocycles. The van der Waals surface area contributed by atoms with Gasteiger partial charge < -0.3 is 5.32 Å². The summed E-state index contributed by atoms with van der Waals surface area (Å²) >= 11 is 0. The predicted molar refractivity (Wildman–Crippen MR) is 76.3 cm³/mol. The van der Waals surface area contributed by atoms with E-state index in [1.54, 1.807) is 6.20 Å². The first-order chi connectivity index (χ1) is 9.78. The second kappa shape index (κ2) is 5.42. The normalized spacial score (nSPS) is 12.9. The van der Waals surface area contributed by atoms with Gasteiger partial charge in [-0.25, -0.2) is 4.52 Å². The maximum Gasteiger partial charge on any atom is 0.0892 e. The molecule has 1 unspecified atom stereocenters. The van der Waals surface area contributed by atoms with E-state index in [1.807, 2.05) is 47.1 Å². The Morgan fingerprint density at radius 1 is 1.30 bits per heavy atom. The molecule has 0 fully saturated rings. The van der Waals surface area contributed by atoms with Gasteiger partial charge in [0, 0.05) is 43.7 Å². The van der Waals surface area contributed by atoms with Crippen LogP contribution < -0.4 is 5.32 Å². The Labute approximate surface area is 117 Å². The van der Waals surface area contributed by atoms with E-state index in [1.165, 1.54) is 0 Å². The average Bonchev–Trinajstić information content (AvgIpc) is 3.04. The minimum Gasteiger partial charge on any atom is -0.310 e. The molecule has 0 saturated carbocycles. The number of nitrogens with one attached hydrogen (secondary N) is 1. The van der Waals surface area contributed by atoms with Crippen LogP contribution in [0.4, 0.5) is 0 Å². The molecule has 3 rings (SSSR count). The summed E-state index contributed by atoms with van der Waals surface area (Å²) in [7, 11) is 1.94. The zero-order valence-corrected chi connectivity index (χ0v) is 11.7. The second-order valence-electron chi connectivity index (χ2n) is 4.80. The number of hydrogen-bond donors (Lipinski definition) is 1. The molecular formula is C14H18N6. The molecule has 3 aromatic rings.